The van der Waals surface area contributed by atoms with Gasteiger partial charge in [0, 0.05) is 26.1 Å². The SMILES string of the molecule is COc1cccc(CCCNC(=O)CCc2cc(S(=O)(=O)N3CCCCC3)ccc2OC)c1. The van der Waals surface area contributed by atoms with E-state index in [4.69, 9.17) is 9.47 Å². The number of amides is 1. The van der Waals surface area contributed by atoms with Crippen molar-refractivity contribution in [2.24, 2.45) is 0 Å². The topological polar surface area (TPSA) is 84.9 Å². The quantitative estimate of drug-likeness (QED) is 0.504. The Hall–Kier alpha value is -2.58. The minimum Gasteiger partial charge on any atom is -0.497 e. The molecule has 2 aromatic rings. The predicted octanol–water partition coefficient (Wildman–Crippen LogP) is 3.56. The maximum Gasteiger partial charge on any atom is 0.243 e. The second-order valence-corrected chi connectivity index (χ2v) is 10.2. The van der Waals surface area contributed by atoms with Gasteiger partial charge in [0.05, 0.1) is 19.1 Å². The van der Waals surface area contributed by atoms with Gasteiger partial charge < -0.3 is 14.8 Å². The van der Waals surface area contributed by atoms with E-state index >= 15 is 0 Å². The van der Waals surface area contributed by atoms with Crippen molar-refractivity contribution in [3.8, 4) is 11.5 Å². The van der Waals surface area contributed by atoms with Crippen molar-refractivity contribution in [2.75, 3.05) is 33.9 Å². The van der Waals surface area contributed by atoms with E-state index in [1.54, 1.807) is 36.7 Å². The van der Waals surface area contributed by atoms with Gasteiger partial charge in [0.1, 0.15) is 11.5 Å². The number of carbonyl (C=O) groups is 1. The maximum atomic E-state index is 13.0. The molecule has 0 saturated carbocycles. The van der Waals surface area contributed by atoms with E-state index in [0.717, 1.165) is 43.4 Å². The number of hydrogen-bond acceptors (Lipinski definition) is 5. The molecule has 0 aliphatic carbocycles. The van der Waals surface area contributed by atoms with Gasteiger partial charge in [-0.1, -0.05) is 18.6 Å². The van der Waals surface area contributed by atoms with Gasteiger partial charge >= 0.3 is 0 Å². The minimum atomic E-state index is -3.53. The lowest BCUT2D eigenvalue weighted by atomic mass is 10.1. The van der Waals surface area contributed by atoms with E-state index in [-0.39, 0.29) is 17.2 Å². The number of nitrogens with one attached hydrogen (secondary N) is 1. The Morgan fingerprint density at radius 1 is 1.00 bits per heavy atom. The highest BCUT2D eigenvalue weighted by atomic mass is 32.2. The molecule has 0 atom stereocenters. The Morgan fingerprint density at radius 2 is 1.79 bits per heavy atom. The van der Waals surface area contributed by atoms with E-state index in [0.29, 0.717) is 31.8 Å². The number of piperidine rings is 1. The van der Waals surface area contributed by atoms with Gasteiger partial charge in [-0.3, -0.25) is 4.79 Å². The first kappa shape index (κ1) is 25.1. The second kappa shape index (κ2) is 12.0. The lowest BCUT2D eigenvalue weighted by Crippen LogP contribution is -2.35. The van der Waals surface area contributed by atoms with Crippen LogP contribution in [0.3, 0.4) is 0 Å². The zero-order valence-electron chi connectivity index (χ0n) is 19.5. The number of rotatable bonds is 11. The van der Waals surface area contributed by atoms with Crippen molar-refractivity contribution < 1.29 is 22.7 Å². The summed E-state index contributed by atoms with van der Waals surface area (Å²) in [5, 5.41) is 2.95. The zero-order chi connectivity index (χ0) is 23.7. The Morgan fingerprint density at radius 3 is 2.52 bits per heavy atom. The van der Waals surface area contributed by atoms with Crippen molar-refractivity contribution in [1.82, 2.24) is 9.62 Å². The smallest absolute Gasteiger partial charge is 0.243 e. The summed E-state index contributed by atoms with van der Waals surface area (Å²) in [7, 11) is -0.331. The van der Waals surface area contributed by atoms with Crippen LogP contribution >= 0.6 is 0 Å². The zero-order valence-corrected chi connectivity index (χ0v) is 20.3. The van der Waals surface area contributed by atoms with Gasteiger partial charge in [-0.25, -0.2) is 8.42 Å². The molecule has 0 radical (unpaired) electrons. The van der Waals surface area contributed by atoms with E-state index < -0.39 is 10.0 Å². The first-order valence-corrected chi connectivity index (χ1v) is 12.9. The second-order valence-electron chi connectivity index (χ2n) is 8.24. The molecular formula is C25H34N2O5S. The number of aryl methyl sites for hydroxylation is 2. The fourth-order valence-electron chi connectivity index (χ4n) is 4.05. The number of carbonyl (C=O) groups excluding carboxylic acids is 1. The van der Waals surface area contributed by atoms with Gasteiger partial charge in [0.25, 0.3) is 0 Å². The summed E-state index contributed by atoms with van der Waals surface area (Å²) < 4.78 is 38.2. The Balaban J connectivity index is 1.53. The van der Waals surface area contributed by atoms with E-state index in [1.807, 2.05) is 24.3 Å². The molecule has 0 spiro atoms. The first-order valence-electron chi connectivity index (χ1n) is 11.5. The fraction of sp³-hybridized carbons (Fsp3) is 0.480. The third-order valence-electron chi connectivity index (χ3n) is 5.92. The van der Waals surface area contributed by atoms with Crippen LogP contribution < -0.4 is 14.8 Å². The maximum absolute atomic E-state index is 13.0. The average molecular weight is 475 g/mol. The number of methoxy groups -OCH3 is 2. The van der Waals surface area contributed by atoms with Crippen LogP contribution in [0, 0.1) is 0 Å². The highest BCUT2D eigenvalue weighted by Crippen LogP contribution is 2.27. The van der Waals surface area contributed by atoms with Crippen LogP contribution in [0.4, 0.5) is 0 Å². The van der Waals surface area contributed by atoms with Crippen LogP contribution in [0.15, 0.2) is 47.4 Å². The largest absolute Gasteiger partial charge is 0.497 e. The molecule has 180 valence electrons. The summed E-state index contributed by atoms with van der Waals surface area (Å²) in [5.41, 5.74) is 1.89. The Kier molecular flexibility index (Phi) is 9.14. The van der Waals surface area contributed by atoms with Crippen LogP contribution in [-0.2, 0) is 27.7 Å². The number of benzene rings is 2. The standard InChI is InChI=1S/C25H34N2O5S/c1-31-22-10-6-8-20(18-22)9-7-15-26-25(28)14-11-21-19-23(12-13-24(21)32-2)33(29,30)27-16-4-3-5-17-27/h6,8,10,12-13,18-19H,3-5,7,9,11,14-17H2,1-2H3,(H,26,28). The molecule has 7 nitrogen and oxygen atoms in total. The Bertz CT molecular complexity index is 1030. The molecule has 1 heterocycles. The fourth-order valence-corrected chi connectivity index (χ4v) is 5.62. The molecule has 1 N–H and O–H groups in total. The van der Waals surface area contributed by atoms with Gasteiger partial charge in [-0.2, -0.15) is 4.31 Å². The highest BCUT2D eigenvalue weighted by molar-refractivity contribution is 7.89. The van der Waals surface area contributed by atoms with Crippen molar-refractivity contribution >= 4 is 15.9 Å². The molecule has 1 amide bonds. The summed E-state index contributed by atoms with van der Waals surface area (Å²) in [6.07, 6.45) is 5.19. The summed E-state index contributed by atoms with van der Waals surface area (Å²) in [6, 6.07) is 12.8. The molecule has 1 saturated heterocycles. The first-order chi connectivity index (χ1) is 15.9. The normalized spacial score (nSPS) is 14.6. The summed E-state index contributed by atoms with van der Waals surface area (Å²) in [5.74, 6) is 1.36. The van der Waals surface area contributed by atoms with Gasteiger partial charge in [-0.05, 0) is 73.6 Å². The third kappa shape index (κ3) is 6.95. The average Bonchev–Trinajstić information content (AvgIpc) is 2.85. The van der Waals surface area contributed by atoms with Gasteiger partial charge in [0.15, 0.2) is 0 Å². The van der Waals surface area contributed by atoms with Crippen molar-refractivity contribution in [2.45, 2.75) is 49.8 Å². The third-order valence-corrected chi connectivity index (χ3v) is 7.82. The van der Waals surface area contributed by atoms with E-state index in [2.05, 4.69) is 5.32 Å². The van der Waals surface area contributed by atoms with Crippen LogP contribution in [0.1, 0.15) is 43.2 Å². The number of hydrogen-bond donors (Lipinski definition) is 1. The molecule has 3 rings (SSSR count). The molecule has 1 fully saturated rings. The number of sulfonamides is 1. The molecule has 8 heteroatoms. The molecule has 0 aromatic heterocycles. The van der Waals surface area contributed by atoms with E-state index in [1.165, 1.54) is 5.56 Å². The molecule has 1 aliphatic heterocycles. The van der Waals surface area contributed by atoms with Crippen LogP contribution in [0.25, 0.3) is 0 Å². The highest BCUT2D eigenvalue weighted by Gasteiger charge is 2.26. The van der Waals surface area contributed by atoms with Crippen LogP contribution in [0.5, 0.6) is 11.5 Å². The van der Waals surface area contributed by atoms with Gasteiger partial charge in [-0.15, -0.1) is 0 Å². The molecular weight excluding hydrogens is 440 g/mol. The minimum absolute atomic E-state index is 0.0630. The summed E-state index contributed by atoms with van der Waals surface area (Å²) >= 11 is 0. The molecule has 2 aromatic carbocycles. The molecule has 0 unspecified atom stereocenters. The summed E-state index contributed by atoms with van der Waals surface area (Å²) in [6.45, 7) is 1.69. The van der Waals surface area contributed by atoms with Crippen molar-refractivity contribution in [1.29, 1.82) is 0 Å². The lowest BCUT2D eigenvalue weighted by molar-refractivity contribution is -0.121. The molecule has 33 heavy (non-hydrogen) atoms. The predicted molar refractivity (Wildman–Crippen MR) is 128 cm³/mol. The lowest BCUT2D eigenvalue weighted by Gasteiger charge is -2.26. The summed E-state index contributed by atoms with van der Waals surface area (Å²) in [4.78, 5) is 12.6. The Labute approximate surface area is 197 Å². The number of nitrogens with zero attached hydrogens (tertiary/aromatic N) is 1. The monoisotopic (exact) mass is 474 g/mol. The number of ether oxygens (including phenoxy) is 2. The molecule has 0 bridgehead atoms. The van der Waals surface area contributed by atoms with Crippen LogP contribution in [-0.4, -0.2) is 52.5 Å². The van der Waals surface area contributed by atoms with Crippen molar-refractivity contribution in [3.05, 3.63) is 53.6 Å². The molecule has 1 aliphatic rings. The van der Waals surface area contributed by atoms with Crippen molar-refractivity contribution in [3.63, 3.8) is 0 Å². The van der Waals surface area contributed by atoms with Crippen LogP contribution in [0.2, 0.25) is 0 Å². The van der Waals surface area contributed by atoms with E-state index in [9.17, 15) is 13.2 Å². The van der Waals surface area contributed by atoms with Gasteiger partial charge in [0.2, 0.25) is 15.9 Å².